The van der Waals surface area contributed by atoms with Crippen molar-refractivity contribution >= 4 is 11.9 Å². The fourth-order valence-corrected chi connectivity index (χ4v) is 1.51. The molecule has 4 heteroatoms. The van der Waals surface area contributed by atoms with Gasteiger partial charge in [0.2, 0.25) is 0 Å². The molecule has 4 nitrogen and oxygen atoms in total. The summed E-state index contributed by atoms with van der Waals surface area (Å²) in [6.07, 6.45) is 3.74. The number of carbonyl (C=O) groups excluding carboxylic acids is 1. The Morgan fingerprint density at radius 1 is 1.41 bits per heavy atom. The lowest BCUT2D eigenvalue weighted by molar-refractivity contribution is -0.152. The maximum atomic E-state index is 11.4. The van der Waals surface area contributed by atoms with E-state index in [1.807, 2.05) is 13.8 Å². The van der Waals surface area contributed by atoms with E-state index in [1.54, 1.807) is 6.08 Å². The lowest BCUT2D eigenvalue weighted by Crippen LogP contribution is -2.21. The van der Waals surface area contributed by atoms with Crippen LogP contribution in [0.4, 0.5) is 0 Å². The maximum absolute atomic E-state index is 11.4. The zero-order valence-electron chi connectivity index (χ0n) is 10.6. The van der Waals surface area contributed by atoms with E-state index in [0.29, 0.717) is 13.0 Å². The molecule has 0 unspecified atom stereocenters. The van der Waals surface area contributed by atoms with Crippen molar-refractivity contribution < 1.29 is 19.4 Å². The van der Waals surface area contributed by atoms with E-state index < -0.39 is 17.9 Å². The van der Waals surface area contributed by atoms with Gasteiger partial charge in [0.05, 0.1) is 18.9 Å². The SMILES string of the molecule is C=CCCCOC(=O)C[C@@H](CC(C)C)C(=O)O. The molecule has 0 fully saturated rings. The van der Waals surface area contributed by atoms with Crippen LogP contribution in [0.15, 0.2) is 12.7 Å². The third-order valence-corrected chi connectivity index (χ3v) is 2.33. The maximum Gasteiger partial charge on any atom is 0.307 e. The summed E-state index contributed by atoms with van der Waals surface area (Å²) in [6, 6.07) is 0. The Morgan fingerprint density at radius 3 is 2.53 bits per heavy atom. The first-order chi connectivity index (χ1) is 7.97. The molecule has 0 saturated heterocycles. The minimum absolute atomic E-state index is 0.0401. The van der Waals surface area contributed by atoms with Crippen LogP contribution < -0.4 is 0 Å². The Hall–Kier alpha value is -1.32. The smallest absolute Gasteiger partial charge is 0.307 e. The molecule has 0 aliphatic rings. The second kappa shape index (κ2) is 8.79. The fraction of sp³-hybridized carbons (Fsp3) is 0.692. The van der Waals surface area contributed by atoms with Crippen molar-refractivity contribution in [2.45, 2.75) is 39.5 Å². The van der Waals surface area contributed by atoms with Crippen LogP contribution in [0.1, 0.15) is 39.5 Å². The number of rotatable bonds is 9. The van der Waals surface area contributed by atoms with Crippen molar-refractivity contribution in [3.05, 3.63) is 12.7 Å². The first-order valence-corrected chi connectivity index (χ1v) is 5.96. The van der Waals surface area contributed by atoms with Gasteiger partial charge in [0, 0.05) is 0 Å². The molecule has 0 aromatic rings. The van der Waals surface area contributed by atoms with Crippen molar-refractivity contribution in [1.82, 2.24) is 0 Å². The number of aliphatic carboxylic acids is 1. The van der Waals surface area contributed by atoms with Gasteiger partial charge in [-0.1, -0.05) is 19.9 Å². The summed E-state index contributed by atoms with van der Waals surface area (Å²) in [6.45, 7) is 7.77. The number of esters is 1. The number of allylic oxidation sites excluding steroid dienone is 1. The minimum Gasteiger partial charge on any atom is -0.481 e. The predicted octanol–water partition coefficient (Wildman–Crippen LogP) is 2.63. The Labute approximate surface area is 103 Å². The van der Waals surface area contributed by atoms with Gasteiger partial charge in [0.15, 0.2) is 0 Å². The third-order valence-electron chi connectivity index (χ3n) is 2.33. The number of ether oxygens (including phenoxy) is 1. The molecule has 0 aliphatic heterocycles. The van der Waals surface area contributed by atoms with Crippen molar-refractivity contribution in [3.8, 4) is 0 Å². The number of unbranched alkanes of at least 4 members (excludes halogenated alkanes) is 1. The quantitative estimate of drug-likeness (QED) is 0.383. The number of carbonyl (C=O) groups is 2. The number of hydrogen-bond donors (Lipinski definition) is 1. The van der Waals surface area contributed by atoms with Crippen LogP contribution in [0.25, 0.3) is 0 Å². The van der Waals surface area contributed by atoms with Gasteiger partial charge >= 0.3 is 11.9 Å². The normalized spacial score (nSPS) is 12.2. The van der Waals surface area contributed by atoms with Gasteiger partial charge in [-0.25, -0.2) is 0 Å². The van der Waals surface area contributed by atoms with Gasteiger partial charge in [-0.15, -0.1) is 6.58 Å². The first kappa shape index (κ1) is 15.7. The van der Waals surface area contributed by atoms with E-state index in [9.17, 15) is 9.59 Å². The van der Waals surface area contributed by atoms with Crippen LogP contribution in [0.3, 0.4) is 0 Å². The van der Waals surface area contributed by atoms with E-state index in [-0.39, 0.29) is 12.3 Å². The Kier molecular flexibility index (Phi) is 8.11. The molecule has 0 heterocycles. The number of carboxylic acid groups (broad SMARTS) is 1. The lowest BCUT2D eigenvalue weighted by Gasteiger charge is -2.13. The zero-order valence-corrected chi connectivity index (χ0v) is 10.6. The van der Waals surface area contributed by atoms with E-state index in [4.69, 9.17) is 9.84 Å². The topological polar surface area (TPSA) is 63.6 Å². The summed E-state index contributed by atoms with van der Waals surface area (Å²) in [7, 11) is 0. The average molecular weight is 242 g/mol. The van der Waals surface area contributed by atoms with Crippen LogP contribution >= 0.6 is 0 Å². The summed E-state index contributed by atoms with van der Waals surface area (Å²) in [4.78, 5) is 22.3. The number of hydrogen-bond acceptors (Lipinski definition) is 3. The molecular formula is C13H22O4. The van der Waals surface area contributed by atoms with Crippen molar-refractivity contribution in [1.29, 1.82) is 0 Å². The van der Waals surface area contributed by atoms with Crippen LogP contribution in [-0.4, -0.2) is 23.7 Å². The van der Waals surface area contributed by atoms with E-state index in [0.717, 1.165) is 12.8 Å². The molecule has 0 saturated carbocycles. The van der Waals surface area contributed by atoms with Gasteiger partial charge in [0.25, 0.3) is 0 Å². The highest BCUT2D eigenvalue weighted by Gasteiger charge is 2.22. The van der Waals surface area contributed by atoms with Gasteiger partial charge in [0.1, 0.15) is 0 Å². The van der Waals surface area contributed by atoms with Gasteiger partial charge < -0.3 is 9.84 Å². The zero-order chi connectivity index (χ0) is 13.3. The summed E-state index contributed by atoms with van der Waals surface area (Å²) >= 11 is 0. The summed E-state index contributed by atoms with van der Waals surface area (Å²) in [5, 5.41) is 8.96. The lowest BCUT2D eigenvalue weighted by atomic mass is 9.94. The molecule has 0 aromatic heterocycles. The molecule has 0 radical (unpaired) electrons. The van der Waals surface area contributed by atoms with E-state index >= 15 is 0 Å². The van der Waals surface area contributed by atoms with Crippen molar-refractivity contribution in [2.24, 2.45) is 11.8 Å². The fourth-order valence-electron chi connectivity index (χ4n) is 1.51. The predicted molar refractivity (Wildman–Crippen MR) is 65.6 cm³/mol. The Morgan fingerprint density at radius 2 is 2.06 bits per heavy atom. The molecule has 0 spiro atoms. The highest BCUT2D eigenvalue weighted by atomic mass is 16.5. The van der Waals surface area contributed by atoms with Crippen LogP contribution in [-0.2, 0) is 14.3 Å². The highest BCUT2D eigenvalue weighted by molar-refractivity contribution is 5.78. The molecular weight excluding hydrogens is 220 g/mol. The molecule has 0 aromatic carbocycles. The molecule has 0 amide bonds. The highest BCUT2D eigenvalue weighted by Crippen LogP contribution is 2.16. The van der Waals surface area contributed by atoms with Crippen LogP contribution in [0.2, 0.25) is 0 Å². The van der Waals surface area contributed by atoms with Crippen LogP contribution in [0, 0.1) is 11.8 Å². The summed E-state index contributed by atoms with van der Waals surface area (Å²) in [5.41, 5.74) is 0. The van der Waals surface area contributed by atoms with Crippen molar-refractivity contribution in [2.75, 3.05) is 6.61 Å². The molecule has 0 bridgehead atoms. The molecule has 17 heavy (non-hydrogen) atoms. The number of carboxylic acids is 1. The van der Waals surface area contributed by atoms with Crippen molar-refractivity contribution in [3.63, 3.8) is 0 Å². The van der Waals surface area contributed by atoms with E-state index in [1.165, 1.54) is 0 Å². The molecule has 1 N–H and O–H groups in total. The average Bonchev–Trinajstić information content (AvgIpc) is 2.22. The van der Waals surface area contributed by atoms with Gasteiger partial charge in [-0.3, -0.25) is 9.59 Å². The second-order valence-electron chi connectivity index (χ2n) is 4.52. The Balaban J connectivity index is 3.95. The standard InChI is InChI=1S/C13H22O4/c1-4-5-6-7-17-12(14)9-11(13(15)16)8-10(2)3/h4,10-11H,1,5-9H2,2-3H3,(H,15,16)/t11-/m1/s1. The van der Waals surface area contributed by atoms with Crippen LogP contribution in [0.5, 0.6) is 0 Å². The molecule has 0 rings (SSSR count). The Bertz CT molecular complexity index is 258. The summed E-state index contributed by atoms with van der Waals surface area (Å²) in [5.74, 6) is -1.74. The molecule has 0 aliphatic carbocycles. The van der Waals surface area contributed by atoms with Gasteiger partial charge in [-0.05, 0) is 25.2 Å². The van der Waals surface area contributed by atoms with Gasteiger partial charge in [-0.2, -0.15) is 0 Å². The monoisotopic (exact) mass is 242 g/mol. The first-order valence-electron chi connectivity index (χ1n) is 5.96. The van der Waals surface area contributed by atoms with E-state index in [2.05, 4.69) is 6.58 Å². The second-order valence-corrected chi connectivity index (χ2v) is 4.52. The minimum atomic E-state index is -0.929. The largest absolute Gasteiger partial charge is 0.481 e. The molecule has 1 atom stereocenters. The summed E-state index contributed by atoms with van der Waals surface area (Å²) < 4.78 is 4.96. The third kappa shape index (κ3) is 8.48. The molecule has 98 valence electrons.